The van der Waals surface area contributed by atoms with E-state index in [1.54, 1.807) is 0 Å². The van der Waals surface area contributed by atoms with Crippen LogP contribution in [0.2, 0.25) is 0 Å². The van der Waals surface area contributed by atoms with Gasteiger partial charge < -0.3 is 10.0 Å². The maximum Gasteiger partial charge on any atom is 0.0747 e. The van der Waals surface area contributed by atoms with Crippen molar-refractivity contribution in [3.8, 4) is 0 Å². The van der Waals surface area contributed by atoms with E-state index >= 15 is 0 Å². The predicted molar refractivity (Wildman–Crippen MR) is 84.1 cm³/mol. The van der Waals surface area contributed by atoms with Crippen LogP contribution in [0.3, 0.4) is 0 Å². The summed E-state index contributed by atoms with van der Waals surface area (Å²) in [6, 6.07) is 8.88. The Morgan fingerprint density at radius 2 is 1.80 bits per heavy atom. The van der Waals surface area contributed by atoms with Crippen LogP contribution >= 0.6 is 0 Å². The molecule has 2 unspecified atom stereocenters. The first-order valence-electron chi connectivity index (χ1n) is 7.74. The standard InChI is InChI=1S/C17H28N2O/c1-4-14-6-8-15(9-7-14)12-17(20)16-13-18(2)10-5-11-19(16)3/h6-9,16-17,20H,4-5,10-13H2,1-3H3. The Kier molecular flexibility index (Phi) is 5.58. The van der Waals surface area contributed by atoms with Crippen molar-refractivity contribution >= 4 is 0 Å². The van der Waals surface area contributed by atoms with Crippen LogP contribution in [0, 0.1) is 0 Å². The summed E-state index contributed by atoms with van der Waals surface area (Å²) in [5.74, 6) is 0. The number of benzene rings is 1. The fourth-order valence-electron chi connectivity index (χ4n) is 3.01. The van der Waals surface area contributed by atoms with Gasteiger partial charge in [-0.1, -0.05) is 31.2 Å². The number of nitrogens with zero attached hydrogens (tertiary/aromatic N) is 2. The van der Waals surface area contributed by atoms with Crippen LogP contribution in [0.4, 0.5) is 0 Å². The van der Waals surface area contributed by atoms with Gasteiger partial charge in [0.25, 0.3) is 0 Å². The molecule has 1 saturated heterocycles. The first kappa shape index (κ1) is 15.5. The maximum absolute atomic E-state index is 10.6. The van der Waals surface area contributed by atoms with Crippen LogP contribution in [0.25, 0.3) is 0 Å². The molecule has 1 aromatic rings. The molecule has 1 aliphatic heterocycles. The lowest BCUT2D eigenvalue weighted by Crippen LogP contribution is -2.46. The first-order chi connectivity index (χ1) is 9.60. The Balaban J connectivity index is 1.99. The molecule has 2 atom stereocenters. The lowest BCUT2D eigenvalue weighted by Gasteiger charge is -2.31. The minimum Gasteiger partial charge on any atom is -0.391 e. The molecule has 2 rings (SSSR count). The molecule has 1 fully saturated rings. The molecular formula is C17H28N2O. The summed E-state index contributed by atoms with van der Waals surface area (Å²) in [4.78, 5) is 4.64. The van der Waals surface area contributed by atoms with Gasteiger partial charge >= 0.3 is 0 Å². The average molecular weight is 276 g/mol. The second-order valence-electron chi connectivity index (χ2n) is 6.11. The van der Waals surface area contributed by atoms with E-state index in [4.69, 9.17) is 0 Å². The van der Waals surface area contributed by atoms with Crippen molar-refractivity contribution in [3.05, 3.63) is 35.4 Å². The summed E-state index contributed by atoms with van der Waals surface area (Å²) in [6.45, 7) is 5.31. The third-order valence-corrected chi connectivity index (χ3v) is 4.44. The molecule has 0 aliphatic carbocycles. The zero-order valence-corrected chi connectivity index (χ0v) is 13.0. The number of likely N-dealkylation sites (N-methyl/N-ethyl adjacent to an activating group) is 2. The van der Waals surface area contributed by atoms with Crippen LogP contribution in [0.15, 0.2) is 24.3 Å². The van der Waals surface area contributed by atoms with Crippen LogP contribution < -0.4 is 0 Å². The molecule has 1 aliphatic rings. The zero-order chi connectivity index (χ0) is 14.5. The Labute approximate surface area is 123 Å². The highest BCUT2D eigenvalue weighted by Gasteiger charge is 2.27. The highest BCUT2D eigenvalue weighted by atomic mass is 16.3. The summed E-state index contributed by atoms with van der Waals surface area (Å²) in [7, 11) is 4.28. The predicted octanol–water partition coefficient (Wildman–Crippen LogP) is 1.79. The van der Waals surface area contributed by atoms with E-state index in [2.05, 4.69) is 55.1 Å². The van der Waals surface area contributed by atoms with Crippen LogP contribution in [0.5, 0.6) is 0 Å². The van der Waals surface area contributed by atoms with E-state index in [9.17, 15) is 5.11 Å². The van der Waals surface area contributed by atoms with Gasteiger partial charge in [0.2, 0.25) is 0 Å². The van der Waals surface area contributed by atoms with Crippen molar-refractivity contribution in [2.45, 2.75) is 38.3 Å². The molecule has 0 bridgehead atoms. The molecule has 0 spiro atoms. The molecule has 1 N–H and O–H groups in total. The van der Waals surface area contributed by atoms with Gasteiger partial charge in [-0.25, -0.2) is 0 Å². The van der Waals surface area contributed by atoms with E-state index in [0.29, 0.717) is 0 Å². The average Bonchev–Trinajstić information content (AvgIpc) is 2.61. The van der Waals surface area contributed by atoms with E-state index in [0.717, 1.165) is 32.5 Å². The van der Waals surface area contributed by atoms with Crippen molar-refractivity contribution in [1.29, 1.82) is 0 Å². The summed E-state index contributed by atoms with van der Waals surface area (Å²) in [5.41, 5.74) is 2.59. The monoisotopic (exact) mass is 276 g/mol. The normalized spacial score (nSPS) is 23.5. The number of hydrogen-bond donors (Lipinski definition) is 1. The minimum atomic E-state index is -0.298. The largest absolute Gasteiger partial charge is 0.391 e. The molecule has 3 nitrogen and oxygen atoms in total. The van der Waals surface area contributed by atoms with Crippen molar-refractivity contribution in [2.24, 2.45) is 0 Å². The molecule has 20 heavy (non-hydrogen) atoms. The molecule has 112 valence electrons. The number of rotatable bonds is 4. The lowest BCUT2D eigenvalue weighted by molar-refractivity contribution is 0.0581. The Hall–Kier alpha value is -0.900. The van der Waals surface area contributed by atoms with Crippen molar-refractivity contribution in [1.82, 2.24) is 9.80 Å². The van der Waals surface area contributed by atoms with Gasteiger partial charge in [-0.05, 0) is 57.6 Å². The molecule has 0 radical (unpaired) electrons. The fraction of sp³-hybridized carbons (Fsp3) is 0.647. The van der Waals surface area contributed by atoms with Gasteiger partial charge in [0.1, 0.15) is 0 Å². The Morgan fingerprint density at radius 1 is 1.15 bits per heavy atom. The lowest BCUT2D eigenvalue weighted by atomic mass is 9.99. The summed E-state index contributed by atoms with van der Waals surface area (Å²) in [6.07, 6.45) is 2.70. The third kappa shape index (κ3) is 4.05. The number of aryl methyl sites for hydroxylation is 1. The molecule has 0 amide bonds. The molecule has 0 aromatic heterocycles. The molecule has 3 heteroatoms. The van der Waals surface area contributed by atoms with Gasteiger partial charge in [0.05, 0.1) is 6.10 Å². The van der Waals surface area contributed by atoms with Crippen molar-refractivity contribution in [3.63, 3.8) is 0 Å². The highest BCUT2D eigenvalue weighted by Crippen LogP contribution is 2.15. The van der Waals surface area contributed by atoms with E-state index < -0.39 is 0 Å². The molecular weight excluding hydrogens is 248 g/mol. The summed E-state index contributed by atoms with van der Waals surface area (Å²) < 4.78 is 0. The van der Waals surface area contributed by atoms with Gasteiger partial charge in [0.15, 0.2) is 0 Å². The van der Waals surface area contributed by atoms with Crippen LogP contribution in [0.1, 0.15) is 24.5 Å². The third-order valence-electron chi connectivity index (χ3n) is 4.44. The van der Waals surface area contributed by atoms with Crippen molar-refractivity contribution in [2.75, 3.05) is 33.7 Å². The number of hydrogen-bond acceptors (Lipinski definition) is 3. The SMILES string of the molecule is CCc1ccc(CC(O)C2CN(C)CCCN2C)cc1. The van der Waals surface area contributed by atoms with E-state index in [1.165, 1.54) is 17.5 Å². The second kappa shape index (κ2) is 7.21. The topological polar surface area (TPSA) is 26.7 Å². The Morgan fingerprint density at radius 3 is 2.45 bits per heavy atom. The van der Waals surface area contributed by atoms with Crippen LogP contribution in [-0.2, 0) is 12.8 Å². The summed E-state index contributed by atoms with van der Waals surface area (Å²) in [5, 5.41) is 10.6. The molecule has 0 saturated carbocycles. The second-order valence-corrected chi connectivity index (χ2v) is 6.11. The van der Waals surface area contributed by atoms with Gasteiger partial charge in [0, 0.05) is 12.6 Å². The quantitative estimate of drug-likeness (QED) is 0.908. The van der Waals surface area contributed by atoms with Gasteiger partial charge in [-0.15, -0.1) is 0 Å². The number of aliphatic hydroxyl groups is 1. The Bertz CT molecular complexity index is 404. The number of aliphatic hydroxyl groups excluding tert-OH is 1. The fourth-order valence-corrected chi connectivity index (χ4v) is 3.01. The maximum atomic E-state index is 10.6. The zero-order valence-electron chi connectivity index (χ0n) is 13.0. The van der Waals surface area contributed by atoms with E-state index in [1.807, 2.05) is 0 Å². The smallest absolute Gasteiger partial charge is 0.0747 e. The molecule has 1 heterocycles. The summed E-state index contributed by atoms with van der Waals surface area (Å²) >= 11 is 0. The van der Waals surface area contributed by atoms with Crippen LogP contribution in [-0.4, -0.2) is 60.8 Å². The van der Waals surface area contributed by atoms with Crippen molar-refractivity contribution < 1.29 is 5.11 Å². The first-order valence-corrected chi connectivity index (χ1v) is 7.74. The van der Waals surface area contributed by atoms with Gasteiger partial charge in [-0.3, -0.25) is 4.90 Å². The highest BCUT2D eigenvalue weighted by molar-refractivity contribution is 5.23. The van der Waals surface area contributed by atoms with E-state index in [-0.39, 0.29) is 12.1 Å². The molecule has 1 aromatic carbocycles. The minimum absolute atomic E-state index is 0.230. The van der Waals surface area contributed by atoms with Gasteiger partial charge in [-0.2, -0.15) is 0 Å².